The van der Waals surface area contributed by atoms with Gasteiger partial charge in [0.2, 0.25) is 0 Å². The number of aromatic carboxylic acids is 1. The maximum absolute atomic E-state index is 11.4. The number of aromatic nitrogens is 2. The molecular formula is C14H15ClN2O2. The standard InChI is InChI=1S/C14H15ClN2O2/c1-14(2,3)17-12(15)10(11(16-17)13(18)19)9-7-5-4-6-8-9/h4-8H,1-3H3,(H,18,19). The highest BCUT2D eigenvalue weighted by Gasteiger charge is 2.27. The lowest BCUT2D eigenvalue weighted by atomic mass is 10.1. The molecule has 0 bridgehead atoms. The van der Waals surface area contributed by atoms with Gasteiger partial charge in [-0.2, -0.15) is 5.10 Å². The van der Waals surface area contributed by atoms with Crippen LogP contribution in [-0.2, 0) is 5.54 Å². The van der Waals surface area contributed by atoms with Crippen molar-refractivity contribution < 1.29 is 9.90 Å². The van der Waals surface area contributed by atoms with E-state index >= 15 is 0 Å². The molecule has 1 heterocycles. The zero-order valence-corrected chi connectivity index (χ0v) is 11.8. The van der Waals surface area contributed by atoms with Crippen LogP contribution in [-0.4, -0.2) is 20.9 Å². The summed E-state index contributed by atoms with van der Waals surface area (Å²) in [6.45, 7) is 5.77. The Kier molecular flexibility index (Phi) is 3.37. The molecule has 4 nitrogen and oxygen atoms in total. The predicted molar refractivity (Wildman–Crippen MR) is 74.6 cm³/mol. The molecule has 1 N–H and O–H groups in total. The molecule has 0 aliphatic heterocycles. The fraction of sp³-hybridized carbons (Fsp3) is 0.286. The fourth-order valence-corrected chi connectivity index (χ4v) is 2.34. The van der Waals surface area contributed by atoms with Crippen LogP contribution in [0.4, 0.5) is 0 Å². The van der Waals surface area contributed by atoms with Crippen LogP contribution in [0.25, 0.3) is 11.1 Å². The van der Waals surface area contributed by atoms with Crippen LogP contribution in [0, 0.1) is 0 Å². The third-order valence-electron chi connectivity index (χ3n) is 2.73. The Labute approximate surface area is 116 Å². The summed E-state index contributed by atoms with van der Waals surface area (Å²) in [5.74, 6) is -1.08. The van der Waals surface area contributed by atoms with E-state index in [1.807, 2.05) is 51.1 Å². The summed E-state index contributed by atoms with van der Waals surface area (Å²) in [5, 5.41) is 13.8. The Morgan fingerprint density at radius 3 is 2.32 bits per heavy atom. The quantitative estimate of drug-likeness (QED) is 0.912. The van der Waals surface area contributed by atoms with Gasteiger partial charge in [-0.05, 0) is 26.3 Å². The van der Waals surface area contributed by atoms with Gasteiger partial charge in [0.25, 0.3) is 0 Å². The summed E-state index contributed by atoms with van der Waals surface area (Å²) in [4.78, 5) is 11.4. The molecule has 100 valence electrons. The van der Waals surface area contributed by atoms with E-state index in [0.717, 1.165) is 5.56 Å². The Morgan fingerprint density at radius 2 is 1.84 bits per heavy atom. The average Bonchev–Trinajstić information content (AvgIpc) is 2.68. The van der Waals surface area contributed by atoms with E-state index < -0.39 is 5.97 Å². The Bertz CT molecular complexity index is 612. The number of carboxylic acid groups (broad SMARTS) is 1. The summed E-state index contributed by atoms with van der Waals surface area (Å²) in [7, 11) is 0. The van der Waals surface area contributed by atoms with Crippen molar-refractivity contribution in [2.75, 3.05) is 0 Å². The summed E-state index contributed by atoms with van der Waals surface area (Å²) in [5.41, 5.74) is 0.810. The second-order valence-electron chi connectivity index (χ2n) is 5.27. The minimum Gasteiger partial charge on any atom is -0.476 e. The molecule has 5 heteroatoms. The van der Waals surface area contributed by atoms with Crippen molar-refractivity contribution in [1.29, 1.82) is 0 Å². The van der Waals surface area contributed by atoms with Crippen molar-refractivity contribution in [2.45, 2.75) is 26.3 Å². The number of carboxylic acids is 1. The number of hydrogen-bond acceptors (Lipinski definition) is 2. The molecule has 0 saturated heterocycles. The molecule has 2 aromatic rings. The number of carbonyl (C=O) groups is 1. The lowest BCUT2D eigenvalue weighted by molar-refractivity contribution is 0.0689. The molecular weight excluding hydrogens is 264 g/mol. The number of rotatable bonds is 2. The van der Waals surface area contributed by atoms with Crippen molar-refractivity contribution in [3.63, 3.8) is 0 Å². The molecule has 19 heavy (non-hydrogen) atoms. The largest absolute Gasteiger partial charge is 0.476 e. The monoisotopic (exact) mass is 278 g/mol. The predicted octanol–water partition coefficient (Wildman–Crippen LogP) is 3.66. The molecule has 0 aliphatic carbocycles. The van der Waals surface area contributed by atoms with Crippen LogP contribution in [0.5, 0.6) is 0 Å². The average molecular weight is 279 g/mol. The first-order chi connectivity index (χ1) is 8.82. The number of halogens is 1. The molecule has 0 unspecified atom stereocenters. The van der Waals surface area contributed by atoms with E-state index in [1.165, 1.54) is 0 Å². The maximum atomic E-state index is 11.4. The van der Waals surface area contributed by atoms with Crippen LogP contribution in [0.3, 0.4) is 0 Å². The zero-order chi connectivity index (χ0) is 14.2. The van der Waals surface area contributed by atoms with Gasteiger partial charge in [0.15, 0.2) is 5.69 Å². The number of benzene rings is 1. The van der Waals surface area contributed by atoms with Gasteiger partial charge in [0, 0.05) is 0 Å². The molecule has 0 radical (unpaired) electrons. The second-order valence-corrected chi connectivity index (χ2v) is 5.63. The van der Waals surface area contributed by atoms with Gasteiger partial charge in [0.1, 0.15) is 5.15 Å². The molecule has 0 spiro atoms. The Hall–Kier alpha value is -1.81. The molecule has 0 aliphatic rings. The number of nitrogens with zero attached hydrogens (tertiary/aromatic N) is 2. The lowest BCUT2D eigenvalue weighted by Crippen LogP contribution is -2.23. The highest BCUT2D eigenvalue weighted by atomic mass is 35.5. The zero-order valence-electron chi connectivity index (χ0n) is 11.0. The third kappa shape index (κ3) is 2.49. The van der Waals surface area contributed by atoms with Crippen LogP contribution < -0.4 is 0 Å². The van der Waals surface area contributed by atoms with Crippen molar-refractivity contribution in [3.05, 3.63) is 41.2 Å². The van der Waals surface area contributed by atoms with E-state index in [2.05, 4.69) is 5.10 Å². The highest BCUT2D eigenvalue weighted by molar-refractivity contribution is 6.33. The maximum Gasteiger partial charge on any atom is 0.357 e. The molecule has 2 rings (SSSR count). The van der Waals surface area contributed by atoms with Crippen molar-refractivity contribution in [3.8, 4) is 11.1 Å². The van der Waals surface area contributed by atoms with Crippen molar-refractivity contribution in [1.82, 2.24) is 9.78 Å². The van der Waals surface area contributed by atoms with E-state index in [-0.39, 0.29) is 11.2 Å². The third-order valence-corrected chi connectivity index (χ3v) is 3.08. The molecule has 1 aromatic heterocycles. The van der Waals surface area contributed by atoms with Crippen molar-refractivity contribution >= 4 is 17.6 Å². The highest BCUT2D eigenvalue weighted by Crippen LogP contribution is 2.34. The fourth-order valence-electron chi connectivity index (χ4n) is 1.85. The first-order valence-corrected chi connectivity index (χ1v) is 6.28. The topological polar surface area (TPSA) is 55.1 Å². The Balaban J connectivity index is 2.73. The van der Waals surface area contributed by atoms with Gasteiger partial charge in [-0.1, -0.05) is 41.9 Å². The van der Waals surface area contributed by atoms with Gasteiger partial charge in [-0.15, -0.1) is 0 Å². The van der Waals surface area contributed by atoms with Crippen LogP contribution >= 0.6 is 11.6 Å². The first kappa shape index (κ1) is 13.6. The molecule has 0 saturated carbocycles. The minimum atomic E-state index is -1.08. The minimum absolute atomic E-state index is 0.0221. The van der Waals surface area contributed by atoms with E-state index in [4.69, 9.17) is 11.6 Å². The van der Waals surface area contributed by atoms with E-state index in [1.54, 1.807) is 4.68 Å². The van der Waals surface area contributed by atoms with Gasteiger partial charge in [-0.25, -0.2) is 9.48 Å². The molecule has 0 fully saturated rings. The second kappa shape index (κ2) is 4.70. The smallest absolute Gasteiger partial charge is 0.357 e. The van der Waals surface area contributed by atoms with Gasteiger partial charge in [-0.3, -0.25) is 0 Å². The van der Waals surface area contributed by atoms with Gasteiger partial charge in [0.05, 0.1) is 11.1 Å². The van der Waals surface area contributed by atoms with Gasteiger partial charge < -0.3 is 5.11 Å². The molecule has 0 amide bonds. The normalized spacial score (nSPS) is 11.6. The summed E-state index contributed by atoms with van der Waals surface area (Å²) < 4.78 is 1.54. The summed E-state index contributed by atoms with van der Waals surface area (Å²) in [6.07, 6.45) is 0. The SMILES string of the molecule is CC(C)(C)n1nc(C(=O)O)c(-c2ccccc2)c1Cl. The van der Waals surface area contributed by atoms with Gasteiger partial charge >= 0.3 is 5.97 Å². The number of hydrogen-bond donors (Lipinski definition) is 1. The van der Waals surface area contributed by atoms with Crippen LogP contribution in [0.1, 0.15) is 31.3 Å². The van der Waals surface area contributed by atoms with E-state index in [0.29, 0.717) is 10.7 Å². The summed E-state index contributed by atoms with van der Waals surface area (Å²) in [6, 6.07) is 9.19. The van der Waals surface area contributed by atoms with Crippen LogP contribution in [0.15, 0.2) is 30.3 Å². The summed E-state index contributed by atoms with van der Waals surface area (Å²) >= 11 is 6.33. The van der Waals surface area contributed by atoms with Crippen molar-refractivity contribution in [2.24, 2.45) is 0 Å². The molecule has 1 aromatic carbocycles. The van der Waals surface area contributed by atoms with Crippen LogP contribution in [0.2, 0.25) is 5.15 Å². The lowest BCUT2D eigenvalue weighted by Gasteiger charge is -2.20. The molecule has 0 atom stereocenters. The van der Waals surface area contributed by atoms with E-state index in [9.17, 15) is 9.90 Å². The Morgan fingerprint density at radius 1 is 1.26 bits per heavy atom. The first-order valence-electron chi connectivity index (χ1n) is 5.90.